The summed E-state index contributed by atoms with van der Waals surface area (Å²) in [6.45, 7) is 3.62. The van der Waals surface area contributed by atoms with Crippen molar-refractivity contribution in [2.24, 2.45) is 5.34 Å². The Morgan fingerprint density at radius 2 is 1.00 bits per heavy atom. The third-order valence-corrected chi connectivity index (χ3v) is 3.68. The molecule has 0 aromatic rings. The predicted octanol–water partition coefficient (Wildman–Crippen LogP) is 5.64. The zero-order valence-electron chi connectivity index (χ0n) is 14.9. The Kier molecular flexibility index (Phi) is 18.8. The molecule has 0 bridgehead atoms. The van der Waals surface area contributed by atoms with Crippen LogP contribution < -0.4 is 0 Å². The van der Waals surface area contributed by atoms with E-state index in [9.17, 15) is 0 Å². The highest BCUT2D eigenvalue weighted by Gasteiger charge is 2.04. The second-order valence-electron chi connectivity index (χ2n) is 6.98. The fourth-order valence-electron chi connectivity index (χ4n) is 2.43. The Labute approximate surface area is 132 Å². The molecule has 0 saturated heterocycles. The van der Waals surface area contributed by atoms with E-state index in [2.05, 4.69) is 28.1 Å². The molecule has 0 unspecified atom stereocenters. The third kappa shape index (κ3) is 28.3. The smallest absolute Gasteiger partial charge is 0.0780 e. The second kappa shape index (κ2) is 17.4. The second-order valence-corrected chi connectivity index (χ2v) is 6.98. The van der Waals surface area contributed by atoms with Crippen LogP contribution in [0.3, 0.4) is 0 Å². The van der Waals surface area contributed by atoms with Crippen LogP contribution in [0.5, 0.6) is 0 Å². The molecule has 0 fully saturated rings. The first kappa shape index (κ1) is 22.6. The van der Waals surface area contributed by atoms with Crippen molar-refractivity contribution in [2.45, 2.75) is 84.0 Å². The van der Waals surface area contributed by atoms with Gasteiger partial charge in [0.2, 0.25) is 0 Å². The van der Waals surface area contributed by atoms with Crippen LogP contribution >= 0.6 is 0 Å². The van der Waals surface area contributed by atoms with E-state index in [1.54, 1.807) is 0 Å². The van der Waals surface area contributed by atoms with Gasteiger partial charge in [-0.25, -0.2) is 0 Å². The van der Waals surface area contributed by atoms with Crippen LogP contribution in [0.1, 0.15) is 84.0 Å². The van der Waals surface area contributed by atoms with E-state index in [-0.39, 0.29) is 0 Å². The highest BCUT2D eigenvalue weighted by molar-refractivity contribution is 4.48. The van der Waals surface area contributed by atoms with Crippen LogP contribution in [0.15, 0.2) is 5.34 Å². The fraction of sp³-hybridized carbons (Fsp3) is 1.00. The summed E-state index contributed by atoms with van der Waals surface area (Å²) in [4.78, 5) is 8.00. The van der Waals surface area contributed by atoms with Crippen LogP contribution in [0, 0.1) is 10.1 Å². The van der Waals surface area contributed by atoms with E-state index >= 15 is 0 Å². The summed E-state index contributed by atoms with van der Waals surface area (Å²) in [6, 6.07) is 0. The van der Waals surface area contributed by atoms with E-state index in [0.717, 1.165) is 9.82 Å². The van der Waals surface area contributed by atoms with Gasteiger partial charge in [0.25, 0.3) is 0 Å². The molecule has 0 aliphatic heterocycles. The molecule has 0 atom stereocenters. The lowest BCUT2D eigenvalue weighted by molar-refractivity contribution is -0.870. The van der Waals surface area contributed by atoms with Gasteiger partial charge in [0.05, 0.1) is 27.7 Å². The first-order chi connectivity index (χ1) is 9.97. The van der Waals surface area contributed by atoms with Crippen LogP contribution in [0.25, 0.3) is 0 Å². The molecule has 0 rings (SSSR count). The Morgan fingerprint density at radius 3 is 1.29 bits per heavy atom. The van der Waals surface area contributed by atoms with Gasteiger partial charge in [-0.05, 0) is 12.8 Å². The van der Waals surface area contributed by atoms with Gasteiger partial charge in [-0.15, -0.1) is 5.34 Å². The molecule has 0 aromatic heterocycles. The normalized spacial score (nSPS) is 10.9. The van der Waals surface area contributed by atoms with Gasteiger partial charge in [0.1, 0.15) is 0 Å². The van der Waals surface area contributed by atoms with Crippen molar-refractivity contribution in [3.63, 3.8) is 0 Å². The predicted molar refractivity (Wildman–Crippen MR) is 93.1 cm³/mol. The molecule has 0 N–H and O–H groups in total. The largest absolute Gasteiger partial charge is 0.444 e. The van der Waals surface area contributed by atoms with Gasteiger partial charge in [0, 0.05) is 0 Å². The maximum atomic E-state index is 8.00. The molecule has 21 heavy (non-hydrogen) atoms. The van der Waals surface area contributed by atoms with Crippen molar-refractivity contribution >= 4 is 0 Å². The quantitative estimate of drug-likeness (QED) is 0.191. The van der Waals surface area contributed by atoms with Gasteiger partial charge in [-0.3, -0.25) is 0 Å². The average molecular weight is 303 g/mol. The lowest BCUT2D eigenvalue weighted by Gasteiger charge is -2.23. The molecule has 0 aliphatic rings. The average Bonchev–Trinajstić information content (AvgIpc) is 2.40. The van der Waals surface area contributed by atoms with Crippen LogP contribution in [-0.2, 0) is 0 Å². The number of rotatable bonds is 13. The summed E-state index contributed by atoms with van der Waals surface area (Å²) in [5.74, 6) is 0. The van der Waals surface area contributed by atoms with Crippen molar-refractivity contribution in [3.8, 4) is 0 Å². The molecular formula is C17H38N2O2. The van der Waals surface area contributed by atoms with Crippen molar-refractivity contribution in [1.82, 2.24) is 0 Å². The topological polar surface area (TPSA) is 52.5 Å². The van der Waals surface area contributed by atoms with Gasteiger partial charge in [-0.2, -0.15) is 0 Å². The number of hydrogen-bond acceptors (Lipinski definition) is 3. The van der Waals surface area contributed by atoms with Gasteiger partial charge < -0.3 is 14.6 Å². The molecule has 0 heterocycles. The molecular weight excluding hydrogens is 264 g/mol. The van der Waals surface area contributed by atoms with Gasteiger partial charge in [0.15, 0.2) is 0 Å². The first-order valence-electron chi connectivity index (χ1n) is 8.73. The Morgan fingerprint density at radius 1 is 0.714 bits per heavy atom. The molecule has 0 saturated carbocycles. The molecule has 0 spiro atoms. The maximum Gasteiger partial charge on any atom is 0.0780 e. The summed E-state index contributed by atoms with van der Waals surface area (Å²) < 4.78 is 1.12. The lowest BCUT2D eigenvalue weighted by Crippen LogP contribution is -2.35. The van der Waals surface area contributed by atoms with E-state index in [1.165, 1.54) is 83.6 Å². The zero-order chi connectivity index (χ0) is 16.4. The van der Waals surface area contributed by atoms with Crippen molar-refractivity contribution in [2.75, 3.05) is 27.7 Å². The minimum absolute atomic E-state index is 1.00. The van der Waals surface area contributed by atoms with Crippen LogP contribution in [-0.4, -0.2) is 32.2 Å². The van der Waals surface area contributed by atoms with E-state index in [0.29, 0.717) is 0 Å². The summed E-state index contributed by atoms with van der Waals surface area (Å²) in [5.41, 5.74) is 0. The van der Waals surface area contributed by atoms with Crippen molar-refractivity contribution in [1.29, 1.82) is 0 Å². The van der Waals surface area contributed by atoms with Crippen LogP contribution in [0.2, 0.25) is 0 Å². The highest BCUT2D eigenvalue weighted by Crippen LogP contribution is 2.12. The number of hydrogen-bond donors (Lipinski definition) is 0. The third-order valence-electron chi connectivity index (χ3n) is 3.68. The SMILES string of the molecule is CCCCCCCCCCCCCC[N+](C)(C)C.O=N[O-]. The summed E-state index contributed by atoms with van der Waals surface area (Å²) in [7, 11) is 6.87. The standard InChI is InChI=1S/C17H38N.HNO2/c1-5-6-7-8-9-10-11-12-13-14-15-16-17-18(2,3)4;2-1-3/h5-17H2,1-4H3;(H,2,3)/q+1;/p-1. The number of unbranched alkanes of at least 4 members (excludes halogenated alkanes) is 11. The van der Waals surface area contributed by atoms with Gasteiger partial charge in [-0.1, -0.05) is 71.1 Å². The van der Waals surface area contributed by atoms with E-state index in [4.69, 9.17) is 10.1 Å². The number of quaternary nitrogens is 1. The first-order valence-corrected chi connectivity index (χ1v) is 8.73. The Bertz CT molecular complexity index is 203. The summed E-state index contributed by atoms with van der Waals surface area (Å²) >= 11 is 0. The molecule has 0 aromatic carbocycles. The molecule has 128 valence electrons. The minimum Gasteiger partial charge on any atom is -0.444 e. The molecule has 4 heteroatoms. The maximum absolute atomic E-state index is 8.00. The van der Waals surface area contributed by atoms with Crippen LogP contribution in [0.4, 0.5) is 0 Å². The summed E-state index contributed by atoms with van der Waals surface area (Å²) in [5, 5.41) is 9.00. The fourth-order valence-corrected chi connectivity index (χ4v) is 2.43. The van der Waals surface area contributed by atoms with Gasteiger partial charge >= 0.3 is 0 Å². The minimum atomic E-state index is 1.00. The van der Waals surface area contributed by atoms with Crippen molar-refractivity contribution < 1.29 is 4.48 Å². The van der Waals surface area contributed by atoms with E-state index in [1.807, 2.05) is 0 Å². The number of nitrogens with zero attached hydrogens (tertiary/aromatic N) is 2. The highest BCUT2D eigenvalue weighted by atomic mass is 16.6. The molecule has 0 aliphatic carbocycles. The monoisotopic (exact) mass is 302 g/mol. The molecule has 0 radical (unpaired) electrons. The molecule has 4 nitrogen and oxygen atoms in total. The summed E-state index contributed by atoms with van der Waals surface area (Å²) in [6.07, 6.45) is 17.4. The lowest BCUT2D eigenvalue weighted by atomic mass is 10.1. The zero-order valence-corrected chi connectivity index (χ0v) is 14.9. The van der Waals surface area contributed by atoms with E-state index < -0.39 is 0 Å². The Hall–Kier alpha value is -0.640. The molecule has 0 amide bonds. The Balaban J connectivity index is 0. The van der Waals surface area contributed by atoms with Crippen molar-refractivity contribution in [3.05, 3.63) is 10.1 Å².